The summed E-state index contributed by atoms with van der Waals surface area (Å²) in [6.07, 6.45) is 0.228. The molecule has 0 fully saturated rings. The van der Waals surface area contributed by atoms with E-state index in [9.17, 15) is 49.2 Å². The van der Waals surface area contributed by atoms with E-state index >= 15 is 0 Å². The summed E-state index contributed by atoms with van der Waals surface area (Å²) in [6.45, 7) is 4.05. The fourth-order valence-corrected chi connectivity index (χ4v) is 7.14. The summed E-state index contributed by atoms with van der Waals surface area (Å²) in [4.78, 5) is 82.2. The van der Waals surface area contributed by atoms with Crippen LogP contribution in [0.3, 0.4) is 0 Å². The topological polar surface area (TPSA) is 250 Å². The maximum Gasteiger partial charge on any atom is 0.413 e. The van der Waals surface area contributed by atoms with Gasteiger partial charge in [-0.15, -0.1) is 0 Å². The molecule has 3 amide bonds. The Morgan fingerprint density at radius 1 is 1.08 bits per heavy atom. The van der Waals surface area contributed by atoms with Gasteiger partial charge in [0.05, 0.1) is 23.2 Å². The molecule has 4 atom stereocenters. The van der Waals surface area contributed by atoms with Crippen LogP contribution >= 0.6 is 0 Å². The van der Waals surface area contributed by atoms with Crippen LogP contribution in [0.2, 0.25) is 0 Å². The number of phenols is 1. The Morgan fingerprint density at radius 2 is 1.73 bits per heavy atom. The number of ether oxygens (including phenoxy) is 2. The number of amides is 3. The molecule has 1 aromatic carbocycles. The van der Waals surface area contributed by atoms with Gasteiger partial charge >= 0.3 is 12.1 Å². The number of anilines is 2. The number of benzene rings is 1. The van der Waals surface area contributed by atoms with Gasteiger partial charge in [0, 0.05) is 37.8 Å². The maximum atomic E-state index is 14.3. The van der Waals surface area contributed by atoms with Crippen molar-refractivity contribution in [2.75, 3.05) is 58.3 Å². The van der Waals surface area contributed by atoms with E-state index in [2.05, 4.69) is 5.32 Å². The summed E-state index contributed by atoms with van der Waals surface area (Å²) in [5.74, 6) is -9.71. The van der Waals surface area contributed by atoms with Crippen LogP contribution in [0.25, 0.3) is 0 Å². The molecule has 1 aromatic rings. The van der Waals surface area contributed by atoms with E-state index in [1.807, 2.05) is 6.92 Å². The van der Waals surface area contributed by atoms with Gasteiger partial charge in [0.25, 0.3) is 5.91 Å². The van der Waals surface area contributed by atoms with Crippen molar-refractivity contribution >= 4 is 46.8 Å². The van der Waals surface area contributed by atoms with Gasteiger partial charge in [-0.2, -0.15) is 0 Å². The Hall–Kier alpha value is -5.16. The van der Waals surface area contributed by atoms with Gasteiger partial charge in [-0.3, -0.25) is 33.8 Å². The number of aliphatic hydroxyl groups excluding tert-OH is 2. The highest BCUT2D eigenvalue weighted by Crippen LogP contribution is 2.54. The minimum Gasteiger partial charge on any atom is -0.510 e. The summed E-state index contributed by atoms with van der Waals surface area (Å²) in [7, 11) is 6.44. The highest BCUT2D eigenvalue weighted by molar-refractivity contribution is 6.25. The lowest BCUT2D eigenvalue weighted by Crippen LogP contribution is -2.63. The Kier molecular flexibility index (Phi) is 11.6. The molecule has 3 aliphatic carbocycles. The molecular weight excluding hydrogens is 682 g/mol. The number of allylic oxidation sites excluding steroid dienone is 1. The minimum atomic E-state index is -2.81. The second kappa shape index (κ2) is 15.2. The van der Waals surface area contributed by atoms with E-state index in [-0.39, 0.29) is 36.2 Å². The van der Waals surface area contributed by atoms with E-state index in [0.29, 0.717) is 24.1 Å². The molecule has 0 aromatic heterocycles. The van der Waals surface area contributed by atoms with Crippen LogP contribution in [0.5, 0.6) is 5.75 Å². The van der Waals surface area contributed by atoms with Crippen molar-refractivity contribution in [1.82, 2.24) is 9.80 Å². The number of carbonyl (C=O) groups is 6. The Labute approximate surface area is 300 Å². The number of esters is 1. The number of primary amides is 1. The zero-order valence-electron chi connectivity index (χ0n) is 30.3. The number of nitrogens with two attached hydrogens (primary N) is 1. The summed E-state index contributed by atoms with van der Waals surface area (Å²) >= 11 is 0. The van der Waals surface area contributed by atoms with Crippen molar-refractivity contribution < 1.29 is 58.7 Å². The number of unbranched alkanes of at least 4 members (excludes halogenated alkanes) is 1. The van der Waals surface area contributed by atoms with Crippen molar-refractivity contribution in [1.29, 1.82) is 0 Å². The number of ketones is 2. The number of Topliss-reactive ketones (excluding diaryl/α,β-unsaturated/α-hetero) is 2. The fourth-order valence-electron chi connectivity index (χ4n) is 7.14. The lowest BCUT2D eigenvalue weighted by atomic mass is 9.58. The second-order valence-corrected chi connectivity index (χ2v) is 14.0. The SMILES string of the molecule is CCCCN(CC(=O)Nc1cc(N(C)C)c2c(c1O)C(=O)C1=C(O)[C@]3(O)C(=O)C(C(N)=O)=C(O)[C@@H](N(C)C)C3CC1C2)C(=O)OCOC(=O)C(C)C. The first-order valence-electron chi connectivity index (χ1n) is 16.9. The predicted molar refractivity (Wildman–Crippen MR) is 185 cm³/mol. The standard InChI is InChI=1S/C35H47N5O12/c1-8-9-10-40(34(49)52-15-51-33(48)16(2)3)14-22(41)37-20-13-21(38(4)5)18-11-17-12-19-26(39(6)7)29(44)25(32(36)47)31(46)35(19,50)30(45)23(17)28(43)24(18)27(20)42/h13,16-17,19,26,42,44-45,50H,8-12,14-15H2,1-7H3,(H2,36,47)(H,37,41)/t17?,19?,26-,35-/m0/s1. The molecule has 7 N–H and O–H groups in total. The van der Waals surface area contributed by atoms with E-state index in [1.54, 1.807) is 46.9 Å². The van der Waals surface area contributed by atoms with Crippen molar-refractivity contribution in [3.8, 4) is 5.75 Å². The van der Waals surface area contributed by atoms with Crippen LogP contribution in [0.4, 0.5) is 16.2 Å². The van der Waals surface area contributed by atoms with Crippen molar-refractivity contribution in [2.45, 2.75) is 58.1 Å². The van der Waals surface area contributed by atoms with Crippen LogP contribution in [-0.4, -0.2) is 125 Å². The molecule has 0 saturated carbocycles. The van der Waals surface area contributed by atoms with Crippen LogP contribution in [0.1, 0.15) is 56.0 Å². The lowest BCUT2D eigenvalue weighted by molar-refractivity contribution is -0.156. The van der Waals surface area contributed by atoms with Gasteiger partial charge in [-0.05, 0) is 50.9 Å². The summed E-state index contributed by atoms with van der Waals surface area (Å²) in [5, 5.41) is 48.5. The molecule has 0 bridgehead atoms. The van der Waals surface area contributed by atoms with Gasteiger partial charge in [-0.1, -0.05) is 27.2 Å². The minimum absolute atomic E-state index is 0.0435. The average molecular weight is 730 g/mol. The molecule has 3 aliphatic rings. The molecule has 0 radical (unpaired) electrons. The Balaban J connectivity index is 1.71. The molecule has 17 nitrogen and oxygen atoms in total. The van der Waals surface area contributed by atoms with Gasteiger partial charge < -0.3 is 45.9 Å². The van der Waals surface area contributed by atoms with Crippen LogP contribution in [0, 0.1) is 17.8 Å². The first-order chi connectivity index (χ1) is 24.3. The molecular formula is C35H47N5O12. The van der Waals surface area contributed by atoms with E-state index in [1.165, 1.54) is 11.0 Å². The normalized spacial score (nSPS) is 22.5. The molecule has 0 saturated heterocycles. The van der Waals surface area contributed by atoms with Gasteiger partial charge in [-0.25, -0.2) is 4.79 Å². The number of aromatic hydroxyl groups is 1. The molecule has 284 valence electrons. The highest BCUT2D eigenvalue weighted by atomic mass is 16.7. The van der Waals surface area contributed by atoms with Crippen molar-refractivity contribution in [3.05, 3.63) is 39.9 Å². The van der Waals surface area contributed by atoms with Crippen molar-refractivity contribution in [3.63, 3.8) is 0 Å². The fraction of sp³-hybridized carbons (Fsp3) is 0.543. The van der Waals surface area contributed by atoms with E-state index in [0.717, 1.165) is 4.90 Å². The van der Waals surface area contributed by atoms with E-state index in [4.69, 9.17) is 15.2 Å². The Morgan fingerprint density at radius 3 is 2.29 bits per heavy atom. The van der Waals surface area contributed by atoms with Crippen LogP contribution in [-0.2, 0) is 35.1 Å². The van der Waals surface area contributed by atoms with Gasteiger partial charge in [0.2, 0.25) is 18.5 Å². The number of carbonyl (C=O) groups excluding carboxylic acids is 6. The maximum absolute atomic E-state index is 14.3. The number of aliphatic hydroxyl groups is 3. The molecule has 0 heterocycles. The van der Waals surface area contributed by atoms with Crippen LogP contribution in [0.15, 0.2) is 28.7 Å². The number of likely N-dealkylation sites (N-methyl/N-ethyl adjacent to an activating group) is 1. The first kappa shape index (κ1) is 39.6. The molecule has 4 rings (SSSR count). The molecule has 52 heavy (non-hydrogen) atoms. The number of rotatable bonds is 12. The number of nitrogens with zero attached hydrogens (tertiary/aromatic N) is 3. The third-order valence-electron chi connectivity index (χ3n) is 9.68. The third-order valence-corrected chi connectivity index (χ3v) is 9.68. The third kappa shape index (κ3) is 7.01. The summed E-state index contributed by atoms with van der Waals surface area (Å²) in [5.41, 5.74) is 1.62. The van der Waals surface area contributed by atoms with Crippen LogP contribution < -0.4 is 16.0 Å². The number of phenolic OH excluding ortho intramolecular Hbond substituents is 1. The molecule has 17 heteroatoms. The highest BCUT2D eigenvalue weighted by Gasteiger charge is 2.63. The zero-order valence-corrected chi connectivity index (χ0v) is 30.3. The summed E-state index contributed by atoms with van der Waals surface area (Å²) < 4.78 is 9.94. The number of hydrogen-bond acceptors (Lipinski definition) is 14. The van der Waals surface area contributed by atoms with Crippen molar-refractivity contribution in [2.24, 2.45) is 23.5 Å². The largest absolute Gasteiger partial charge is 0.510 e. The number of fused-ring (bicyclic) bond motifs is 3. The van der Waals surface area contributed by atoms with Gasteiger partial charge in [0.1, 0.15) is 23.6 Å². The first-order valence-corrected chi connectivity index (χ1v) is 16.9. The second-order valence-electron chi connectivity index (χ2n) is 14.0. The van der Waals surface area contributed by atoms with E-state index < -0.39 is 101 Å². The average Bonchev–Trinajstić information content (AvgIpc) is 3.05. The lowest BCUT2D eigenvalue weighted by Gasteiger charge is -2.50. The molecule has 0 aliphatic heterocycles. The Bertz CT molecular complexity index is 1750. The number of nitrogens with one attached hydrogen (secondary N) is 1. The summed E-state index contributed by atoms with van der Waals surface area (Å²) in [6, 6.07) is 0.321. The quantitative estimate of drug-likeness (QED) is 0.0773. The molecule has 2 unspecified atom stereocenters. The van der Waals surface area contributed by atoms with Gasteiger partial charge in [0.15, 0.2) is 17.1 Å². The number of hydrogen-bond donors (Lipinski definition) is 6. The smallest absolute Gasteiger partial charge is 0.413 e. The zero-order chi connectivity index (χ0) is 39.0. The predicted octanol–water partition coefficient (Wildman–Crippen LogP) is 1.52. The molecule has 0 spiro atoms. The monoisotopic (exact) mass is 729 g/mol.